The highest BCUT2D eigenvalue weighted by atomic mass is 16.7. The average Bonchev–Trinajstić information content (AvgIpc) is 3.37. The molecular weight excluding hydrogens is 358 g/mol. The highest BCUT2D eigenvalue weighted by molar-refractivity contribution is 6.03. The van der Waals surface area contributed by atoms with Crippen LogP contribution in [0.2, 0.25) is 0 Å². The lowest BCUT2D eigenvalue weighted by Gasteiger charge is -2.13. The normalized spacial score (nSPS) is 17.4. The number of anilines is 1. The zero-order chi connectivity index (χ0) is 19.3. The molecule has 1 atom stereocenters. The van der Waals surface area contributed by atoms with Crippen molar-refractivity contribution in [2.75, 3.05) is 18.7 Å². The van der Waals surface area contributed by atoms with Crippen LogP contribution in [-0.4, -0.2) is 31.2 Å². The number of hydrogen-bond acceptors (Lipinski definition) is 5. The van der Waals surface area contributed by atoms with Crippen LogP contribution in [-0.2, 0) is 11.3 Å². The van der Waals surface area contributed by atoms with E-state index in [1.165, 1.54) is 0 Å². The molecule has 0 aliphatic carbocycles. The number of hydrogen-bond donors (Lipinski definition) is 3. The summed E-state index contributed by atoms with van der Waals surface area (Å²) in [6, 6.07) is 12.8. The van der Waals surface area contributed by atoms with Gasteiger partial charge in [-0.2, -0.15) is 0 Å². The largest absolute Gasteiger partial charge is 0.454 e. The van der Waals surface area contributed by atoms with Gasteiger partial charge in [0.05, 0.1) is 11.3 Å². The zero-order valence-corrected chi connectivity index (χ0v) is 15.5. The molecule has 1 saturated heterocycles. The van der Waals surface area contributed by atoms with Gasteiger partial charge in [0.1, 0.15) is 0 Å². The molecule has 0 radical (unpaired) electrons. The molecule has 0 saturated carbocycles. The first kappa shape index (κ1) is 18.3. The summed E-state index contributed by atoms with van der Waals surface area (Å²) < 4.78 is 10.7. The molecule has 0 spiro atoms. The molecule has 3 N–H and O–H groups in total. The monoisotopic (exact) mass is 381 g/mol. The smallest absolute Gasteiger partial charge is 0.253 e. The van der Waals surface area contributed by atoms with Crippen molar-refractivity contribution in [1.82, 2.24) is 10.6 Å². The van der Waals surface area contributed by atoms with Crippen LogP contribution in [0.15, 0.2) is 42.5 Å². The van der Waals surface area contributed by atoms with Crippen molar-refractivity contribution >= 4 is 17.5 Å². The van der Waals surface area contributed by atoms with Gasteiger partial charge in [-0.3, -0.25) is 9.59 Å². The topological polar surface area (TPSA) is 88.7 Å². The number of fused-ring (bicyclic) bond motifs is 1. The van der Waals surface area contributed by atoms with E-state index in [1.54, 1.807) is 24.3 Å². The van der Waals surface area contributed by atoms with Gasteiger partial charge in [-0.15, -0.1) is 0 Å². The Labute approximate surface area is 163 Å². The van der Waals surface area contributed by atoms with E-state index >= 15 is 0 Å². The van der Waals surface area contributed by atoms with Gasteiger partial charge in [0.25, 0.3) is 5.91 Å². The van der Waals surface area contributed by atoms with Crippen molar-refractivity contribution < 1.29 is 19.1 Å². The minimum Gasteiger partial charge on any atom is -0.454 e. The van der Waals surface area contributed by atoms with Crippen molar-refractivity contribution in [3.63, 3.8) is 0 Å². The van der Waals surface area contributed by atoms with Crippen molar-refractivity contribution in [3.05, 3.63) is 53.6 Å². The first-order valence-electron chi connectivity index (χ1n) is 9.48. The van der Waals surface area contributed by atoms with Gasteiger partial charge in [-0.25, -0.2) is 0 Å². The van der Waals surface area contributed by atoms with Gasteiger partial charge >= 0.3 is 0 Å². The first-order valence-corrected chi connectivity index (χ1v) is 9.48. The average molecular weight is 381 g/mol. The Balaban J connectivity index is 1.38. The summed E-state index contributed by atoms with van der Waals surface area (Å²) >= 11 is 0. The van der Waals surface area contributed by atoms with E-state index in [2.05, 4.69) is 16.0 Å². The summed E-state index contributed by atoms with van der Waals surface area (Å²) in [5.41, 5.74) is 1.87. The molecule has 28 heavy (non-hydrogen) atoms. The maximum atomic E-state index is 12.7. The van der Waals surface area contributed by atoms with Crippen LogP contribution in [0, 0.1) is 0 Å². The second-order valence-corrected chi connectivity index (χ2v) is 6.96. The minimum atomic E-state index is -0.243. The third kappa shape index (κ3) is 4.26. The predicted octanol–water partition coefficient (Wildman–Crippen LogP) is 2.43. The lowest BCUT2D eigenvalue weighted by molar-refractivity contribution is -0.116. The molecule has 2 aromatic carbocycles. The second-order valence-electron chi connectivity index (χ2n) is 6.96. The molecule has 7 nitrogen and oxygen atoms in total. The lowest BCUT2D eigenvalue weighted by Crippen LogP contribution is -2.29. The fourth-order valence-electron chi connectivity index (χ4n) is 3.47. The minimum absolute atomic E-state index is 0.0876. The number of amides is 2. The predicted molar refractivity (Wildman–Crippen MR) is 104 cm³/mol. The molecule has 1 fully saturated rings. The molecule has 0 aromatic heterocycles. The fraction of sp³-hybridized carbons (Fsp3) is 0.333. The molecule has 2 aliphatic heterocycles. The van der Waals surface area contributed by atoms with Crippen LogP contribution >= 0.6 is 0 Å². The summed E-state index contributed by atoms with van der Waals surface area (Å²) in [6.45, 7) is 1.52. The van der Waals surface area contributed by atoms with Crippen LogP contribution in [0.3, 0.4) is 0 Å². The zero-order valence-electron chi connectivity index (χ0n) is 15.5. The van der Waals surface area contributed by atoms with Gasteiger partial charge in [-0.1, -0.05) is 18.2 Å². The summed E-state index contributed by atoms with van der Waals surface area (Å²) in [5.74, 6) is 1.06. The third-order valence-corrected chi connectivity index (χ3v) is 4.93. The molecule has 4 rings (SSSR count). The lowest BCUT2D eigenvalue weighted by atomic mass is 10.1. The number of para-hydroxylation sites is 1. The maximum absolute atomic E-state index is 12.7. The van der Waals surface area contributed by atoms with E-state index in [0.29, 0.717) is 35.7 Å². The van der Waals surface area contributed by atoms with Crippen molar-refractivity contribution in [2.24, 2.45) is 0 Å². The van der Waals surface area contributed by atoms with E-state index in [1.807, 2.05) is 18.2 Å². The standard InChI is InChI=1S/C21H23N3O4/c25-20(11-15-4-3-9-22-15)24-17-6-2-1-5-16(17)21(26)23-12-14-7-8-18-19(10-14)28-13-27-18/h1-2,5-8,10,15,22H,3-4,9,11-13H2,(H,23,26)(H,24,25). The molecule has 146 valence electrons. The van der Waals surface area contributed by atoms with E-state index in [0.717, 1.165) is 24.9 Å². The van der Waals surface area contributed by atoms with Crippen LogP contribution in [0.5, 0.6) is 11.5 Å². The van der Waals surface area contributed by atoms with Gasteiger partial charge < -0.3 is 25.4 Å². The van der Waals surface area contributed by atoms with Crippen molar-refractivity contribution in [1.29, 1.82) is 0 Å². The SMILES string of the molecule is O=C(CC1CCCN1)Nc1ccccc1C(=O)NCc1ccc2c(c1)OCO2. The molecule has 7 heteroatoms. The first-order chi connectivity index (χ1) is 13.7. The Morgan fingerprint density at radius 2 is 1.96 bits per heavy atom. The summed E-state index contributed by atoms with van der Waals surface area (Å²) in [5, 5.41) is 9.08. The number of nitrogens with one attached hydrogen (secondary N) is 3. The second kappa shape index (κ2) is 8.31. The van der Waals surface area contributed by atoms with Crippen LogP contribution in [0.1, 0.15) is 35.2 Å². The summed E-state index contributed by atoms with van der Waals surface area (Å²) in [7, 11) is 0. The Kier molecular flexibility index (Phi) is 5.43. The summed E-state index contributed by atoms with van der Waals surface area (Å²) in [4.78, 5) is 25.0. The summed E-state index contributed by atoms with van der Waals surface area (Å²) in [6.07, 6.45) is 2.51. The van der Waals surface area contributed by atoms with E-state index < -0.39 is 0 Å². The van der Waals surface area contributed by atoms with Gasteiger partial charge in [0, 0.05) is 19.0 Å². The highest BCUT2D eigenvalue weighted by Gasteiger charge is 2.19. The molecule has 2 aliphatic rings. The Hall–Kier alpha value is -3.06. The molecule has 2 heterocycles. The molecule has 0 bridgehead atoms. The van der Waals surface area contributed by atoms with Crippen molar-refractivity contribution in [3.8, 4) is 11.5 Å². The van der Waals surface area contributed by atoms with Crippen LogP contribution in [0.25, 0.3) is 0 Å². The number of benzene rings is 2. The third-order valence-electron chi connectivity index (χ3n) is 4.93. The van der Waals surface area contributed by atoms with Crippen LogP contribution < -0.4 is 25.4 Å². The maximum Gasteiger partial charge on any atom is 0.253 e. The van der Waals surface area contributed by atoms with Gasteiger partial charge in [0.2, 0.25) is 12.7 Å². The molecular formula is C21H23N3O4. The molecule has 2 amide bonds. The van der Waals surface area contributed by atoms with E-state index in [-0.39, 0.29) is 24.6 Å². The van der Waals surface area contributed by atoms with Crippen LogP contribution in [0.4, 0.5) is 5.69 Å². The Morgan fingerprint density at radius 3 is 2.82 bits per heavy atom. The van der Waals surface area contributed by atoms with E-state index in [4.69, 9.17) is 9.47 Å². The highest BCUT2D eigenvalue weighted by Crippen LogP contribution is 2.32. The molecule has 1 unspecified atom stereocenters. The Bertz CT molecular complexity index is 878. The number of carbonyl (C=O) groups excluding carboxylic acids is 2. The number of ether oxygens (including phenoxy) is 2. The quantitative estimate of drug-likeness (QED) is 0.715. The van der Waals surface area contributed by atoms with Crippen molar-refractivity contribution in [2.45, 2.75) is 31.8 Å². The van der Waals surface area contributed by atoms with E-state index in [9.17, 15) is 9.59 Å². The molecule has 2 aromatic rings. The fourth-order valence-corrected chi connectivity index (χ4v) is 3.47. The Morgan fingerprint density at radius 1 is 1.11 bits per heavy atom. The number of rotatable bonds is 6. The van der Waals surface area contributed by atoms with Gasteiger partial charge in [0.15, 0.2) is 11.5 Å². The van der Waals surface area contributed by atoms with Gasteiger partial charge in [-0.05, 0) is 49.2 Å². The number of carbonyl (C=O) groups is 2.